The molecule has 0 heterocycles. The van der Waals surface area contributed by atoms with E-state index in [1.165, 1.54) is 0 Å². The van der Waals surface area contributed by atoms with Crippen molar-refractivity contribution in [2.45, 2.75) is 12.8 Å². The molecule has 0 atom stereocenters. The van der Waals surface area contributed by atoms with Crippen LogP contribution in [0.15, 0.2) is 71.8 Å². The Balaban J connectivity index is 1.68. The molecule has 0 unspecified atom stereocenters. The lowest BCUT2D eigenvalue weighted by atomic mass is 9.74. The van der Waals surface area contributed by atoms with E-state index in [1.54, 1.807) is 60.7 Å². The minimum Gasteiger partial charge on any atom is -0.398 e. The molecular formula is C28H18N2O4. The van der Waals surface area contributed by atoms with Crippen molar-refractivity contribution in [2.75, 3.05) is 11.5 Å². The number of anilines is 2. The quantitative estimate of drug-likeness (QED) is 0.420. The molecule has 3 aromatic rings. The van der Waals surface area contributed by atoms with Crippen molar-refractivity contribution in [2.24, 2.45) is 0 Å². The van der Waals surface area contributed by atoms with Crippen molar-refractivity contribution in [1.82, 2.24) is 0 Å². The van der Waals surface area contributed by atoms with Crippen LogP contribution < -0.4 is 11.5 Å². The van der Waals surface area contributed by atoms with Gasteiger partial charge in [0.05, 0.1) is 11.1 Å². The van der Waals surface area contributed by atoms with Crippen LogP contribution in [0.5, 0.6) is 0 Å². The highest BCUT2D eigenvalue weighted by Crippen LogP contribution is 2.43. The van der Waals surface area contributed by atoms with Gasteiger partial charge in [-0.25, -0.2) is 0 Å². The molecule has 0 saturated heterocycles. The van der Waals surface area contributed by atoms with E-state index in [0.717, 1.165) is 0 Å². The number of carbonyl (C=O) groups excluding carboxylic acids is 4. The van der Waals surface area contributed by atoms with E-state index in [2.05, 4.69) is 0 Å². The highest BCUT2D eigenvalue weighted by molar-refractivity contribution is 6.36. The van der Waals surface area contributed by atoms with Crippen LogP contribution in [0.3, 0.4) is 0 Å². The summed E-state index contributed by atoms with van der Waals surface area (Å²) in [6.45, 7) is 0. The van der Waals surface area contributed by atoms with E-state index in [0.29, 0.717) is 35.1 Å². The normalized spacial score (nSPS) is 16.2. The predicted molar refractivity (Wildman–Crippen MR) is 128 cm³/mol. The van der Waals surface area contributed by atoms with Crippen molar-refractivity contribution in [3.8, 4) is 11.1 Å². The molecule has 6 heteroatoms. The lowest BCUT2D eigenvalue weighted by Gasteiger charge is -2.27. The summed E-state index contributed by atoms with van der Waals surface area (Å²) >= 11 is 0. The molecule has 3 aliphatic carbocycles. The third-order valence-electron chi connectivity index (χ3n) is 6.73. The summed E-state index contributed by atoms with van der Waals surface area (Å²) in [4.78, 5) is 53.9. The van der Waals surface area contributed by atoms with Crippen molar-refractivity contribution in [3.63, 3.8) is 0 Å². The number of ketones is 4. The zero-order valence-electron chi connectivity index (χ0n) is 18.0. The van der Waals surface area contributed by atoms with Gasteiger partial charge < -0.3 is 11.5 Å². The van der Waals surface area contributed by atoms with Gasteiger partial charge in [-0.2, -0.15) is 0 Å². The molecule has 3 aliphatic rings. The molecule has 3 aromatic carbocycles. The Morgan fingerprint density at radius 3 is 1.41 bits per heavy atom. The smallest absolute Gasteiger partial charge is 0.196 e. The van der Waals surface area contributed by atoms with E-state index in [4.69, 9.17) is 11.5 Å². The van der Waals surface area contributed by atoms with Crippen molar-refractivity contribution in [3.05, 3.63) is 105 Å². The number of Topliss-reactive ketones (excluding diaryl/α,β-unsaturated/α-hetero) is 2. The minimum atomic E-state index is -0.356. The summed E-state index contributed by atoms with van der Waals surface area (Å²) in [7, 11) is 0. The van der Waals surface area contributed by atoms with Gasteiger partial charge in [-0.15, -0.1) is 0 Å². The standard InChI is InChI=1S/C28H18N2O4/c29-19-11-9-13(21-23(19)27(33)17-7-3-1-5-15(17)25(21)31)14-10-12-20(30)24-22(14)26(32)16-6-2-4-8-18(16)28(24)34/h1,3,5-12H,2,4,29-30H2. The highest BCUT2D eigenvalue weighted by Gasteiger charge is 2.39. The molecule has 34 heavy (non-hydrogen) atoms. The first-order valence-electron chi connectivity index (χ1n) is 10.9. The number of hydrogen-bond acceptors (Lipinski definition) is 6. The fourth-order valence-corrected chi connectivity index (χ4v) is 5.17. The van der Waals surface area contributed by atoms with Crippen LogP contribution >= 0.6 is 0 Å². The van der Waals surface area contributed by atoms with Gasteiger partial charge in [-0.05, 0) is 36.1 Å². The fraction of sp³-hybridized carbons (Fsp3) is 0.0714. The highest BCUT2D eigenvalue weighted by atomic mass is 16.1. The Hall–Kier alpha value is -4.58. The topological polar surface area (TPSA) is 120 Å². The zero-order valence-corrected chi connectivity index (χ0v) is 18.0. The second-order valence-electron chi connectivity index (χ2n) is 8.58. The minimum absolute atomic E-state index is 0.110. The van der Waals surface area contributed by atoms with Crippen LogP contribution in [0.25, 0.3) is 11.1 Å². The summed E-state index contributed by atoms with van der Waals surface area (Å²) in [5.41, 5.74) is 15.3. The SMILES string of the molecule is Nc1ccc(-c2ccc(N)c3c2C(=O)c2ccccc2C3=O)c2c1C(=O)C1=CCCC=C1C2=O. The molecule has 0 fully saturated rings. The molecule has 0 saturated carbocycles. The molecular weight excluding hydrogens is 428 g/mol. The van der Waals surface area contributed by atoms with Gasteiger partial charge in [0.15, 0.2) is 23.1 Å². The Kier molecular flexibility index (Phi) is 4.10. The molecule has 0 aliphatic heterocycles. The molecule has 164 valence electrons. The zero-order chi connectivity index (χ0) is 23.7. The van der Waals surface area contributed by atoms with Gasteiger partial charge in [-0.3, -0.25) is 19.2 Å². The summed E-state index contributed by atoms with van der Waals surface area (Å²) in [6, 6.07) is 12.9. The maximum atomic E-state index is 13.6. The second-order valence-corrected chi connectivity index (χ2v) is 8.58. The summed E-state index contributed by atoms with van der Waals surface area (Å²) in [5.74, 6) is -1.33. The van der Waals surface area contributed by atoms with Gasteiger partial charge in [-0.1, -0.05) is 48.6 Å². The van der Waals surface area contributed by atoms with Crippen molar-refractivity contribution in [1.29, 1.82) is 0 Å². The monoisotopic (exact) mass is 446 g/mol. The first-order valence-corrected chi connectivity index (χ1v) is 10.9. The first-order chi connectivity index (χ1) is 16.4. The van der Waals surface area contributed by atoms with Crippen molar-refractivity contribution >= 4 is 34.5 Å². The van der Waals surface area contributed by atoms with Crippen LogP contribution in [0.1, 0.15) is 65.4 Å². The molecule has 4 N–H and O–H groups in total. The molecule has 6 nitrogen and oxygen atoms in total. The summed E-state index contributed by atoms with van der Waals surface area (Å²) < 4.78 is 0. The average Bonchev–Trinajstić information content (AvgIpc) is 2.86. The first kappa shape index (κ1) is 20.1. The Morgan fingerprint density at radius 1 is 0.471 bits per heavy atom. The van der Waals surface area contributed by atoms with Gasteiger partial charge in [0.2, 0.25) is 0 Å². The largest absolute Gasteiger partial charge is 0.398 e. The average molecular weight is 446 g/mol. The number of fused-ring (bicyclic) bond motifs is 4. The molecule has 6 rings (SSSR count). The van der Waals surface area contributed by atoms with Gasteiger partial charge >= 0.3 is 0 Å². The number of nitrogens with two attached hydrogens (primary N) is 2. The van der Waals surface area contributed by atoms with Gasteiger partial charge in [0, 0.05) is 44.8 Å². The van der Waals surface area contributed by atoms with E-state index in [-0.39, 0.29) is 67.9 Å². The fourth-order valence-electron chi connectivity index (χ4n) is 5.17. The lowest BCUT2D eigenvalue weighted by molar-refractivity contribution is 0.0972. The number of hydrogen-bond donors (Lipinski definition) is 2. The van der Waals surface area contributed by atoms with Crippen LogP contribution in [0.2, 0.25) is 0 Å². The Bertz CT molecular complexity index is 1590. The van der Waals surface area contributed by atoms with Crippen LogP contribution in [0.4, 0.5) is 11.4 Å². The third kappa shape index (κ3) is 2.50. The Morgan fingerprint density at radius 2 is 0.882 bits per heavy atom. The molecule has 0 radical (unpaired) electrons. The molecule has 0 aromatic heterocycles. The Labute approximate surface area is 194 Å². The van der Waals surface area contributed by atoms with Crippen LogP contribution in [-0.2, 0) is 0 Å². The number of allylic oxidation sites excluding steroid dienone is 4. The van der Waals surface area contributed by atoms with E-state index < -0.39 is 0 Å². The number of benzene rings is 3. The predicted octanol–water partition coefficient (Wildman–Crippen LogP) is 4.32. The third-order valence-corrected chi connectivity index (χ3v) is 6.73. The van der Waals surface area contributed by atoms with Crippen LogP contribution in [-0.4, -0.2) is 23.1 Å². The number of nitrogen functional groups attached to an aromatic ring is 2. The lowest BCUT2D eigenvalue weighted by Crippen LogP contribution is -2.27. The number of rotatable bonds is 1. The summed E-state index contributed by atoms with van der Waals surface area (Å²) in [6.07, 6.45) is 4.88. The summed E-state index contributed by atoms with van der Waals surface area (Å²) in [5, 5.41) is 0. The van der Waals surface area contributed by atoms with Gasteiger partial charge in [0.25, 0.3) is 0 Å². The maximum Gasteiger partial charge on any atom is 0.196 e. The van der Waals surface area contributed by atoms with Crippen molar-refractivity contribution < 1.29 is 19.2 Å². The van der Waals surface area contributed by atoms with E-state index >= 15 is 0 Å². The second kappa shape index (κ2) is 6.96. The van der Waals surface area contributed by atoms with E-state index in [1.807, 2.05) is 0 Å². The molecule has 0 bridgehead atoms. The van der Waals surface area contributed by atoms with Gasteiger partial charge in [0.1, 0.15) is 0 Å². The number of carbonyl (C=O) groups is 4. The molecule has 0 spiro atoms. The maximum absolute atomic E-state index is 13.6. The molecule has 0 amide bonds. The van der Waals surface area contributed by atoms with E-state index in [9.17, 15) is 19.2 Å². The van der Waals surface area contributed by atoms with Crippen LogP contribution in [0, 0.1) is 0 Å².